The minimum atomic E-state index is 0.350. The van der Waals surface area contributed by atoms with Crippen LogP contribution in [0.15, 0.2) is 27.1 Å². The lowest BCUT2D eigenvalue weighted by Gasteiger charge is -2.16. The highest BCUT2D eigenvalue weighted by Crippen LogP contribution is 2.26. The van der Waals surface area contributed by atoms with Gasteiger partial charge in [-0.25, -0.2) is 0 Å². The van der Waals surface area contributed by atoms with Gasteiger partial charge in [0.05, 0.1) is 0 Å². The molecule has 0 radical (unpaired) electrons. The number of benzene rings is 1. The zero-order valence-corrected chi connectivity index (χ0v) is 13.1. The Hall–Kier alpha value is -0.300. The Morgan fingerprint density at radius 3 is 2.76 bits per heavy atom. The maximum Gasteiger partial charge on any atom is 0.0302 e. The highest BCUT2D eigenvalue weighted by Gasteiger charge is 2.08. The van der Waals surface area contributed by atoms with Crippen LogP contribution in [0.5, 0.6) is 0 Å². The van der Waals surface area contributed by atoms with Crippen molar-refractivity contribution in [2.45, 2.75) is 32.2 Å². The third kappa shape index (κ3) is 5.25. The molecule has 0 saturated carbocycles. The van der Waals surface area contributed by atoms with Crippen molar-refractivity contribution in [3.63, 3.8) is 0 Å². The summed E-state index contributed by atoms with van der Waals surface area (Å²) < 4.78 is 2.23. The first-order valence-corrected chi connectivity index (χ1v) is 7.35. The van der Waals surface area contributed by atoms with E-state index in [2.05, 4.69) is 68.2 Å². The summed E-state index contributed by atoms with van der Waals surface area (Å²) in [5, 5.41) is 3.50. The second-order valence-electron chi connectivity index (χ2n) is 4.00. The maximum atomic E-state index is 5.21. The average Bonchev–Trinajstić information content (AvgIpc) is 2.28. The van der Waals surface area contributed by atoms with Gasteiger partial charge in [-0.15, -0.1) is 12.3 Å². The summed E-state index contributed by atoms with van der Waals surface area (Å²) in [6.07, 6.45) is 8.31. The molecule has 0 saturated heterocycles. The van der Waals surface area contributed by atoms with Gasteiger partial charge in [0.2, 0.25) is 0 Å². The number of rotatable bonds is 6. The van der Waals surface area contributed by atoms with Gasteiger partial charge in [0.25, 0.3) is 0 Å². The van der Waals surface area contributed by atoms with Crippen LogP contribution in [0.1, 0.15) is 37.8 Å². The summed E-state index contributed by atoms with van der Waals surface area (Å²) >= 11 is 7.04. The fourth-order valence-corrected chi connectivity index (χ4v) is 3.02. The number of hydrogen-bond acceptors (Lipinski definition) is 1. The van der Waals surface area contributed by atoms with Gasteiger partial charge < -0.3 is 5.32 Å². The molecule has 0 aromatic heterocycles. The molecule has 0 heterocycles. The van der Waals surface area contributed by atoms with E-state index in [0.717, 1.165) is 34.8 Å². The highest BCUT2D eigenvalue weighted by molar-refractivity contribution is 9.11. The third-order valence-electron chi connectivity index (χ3n) is 2.63. The van der Waals surface area contributed by atoms with Crippen LogP contribution in [0, 0.1) is 12.3 Å². The van der Waals surface area contributed by atoms with E-state index in [0.29, 0.717) is 6.04 Å². The van der Waals surface area contributed by atoms with E-state index in [1.54, 1.807) is 0 Å². The van der Waals surface area contributed by atoms with E-state index in [-0.39, 0.29) is 0 Å². The summed E-state index contributed by atoms with van der Waals surface area (Å²) in [7, 11) is 0. The Labute approximate surface area is 121 Å². The molecule has 1 aromatic rings. The Morgan fingerprint density at radius 2 is 2.12 bits per heavy atom. The molecule has 1 nitrogen and oxygen atoms in total. The summed E-state index contributed by atoms with van der Waals surface area (Å²) in [6, 6.07) is 6.62. The van der Waals surface area contributed by atoms with Crippen LogP contribution in [0.4, 0.5) is 0 Å². The van der Waals surface area contributed by atoms with E-state index in [1.165, 1.54) is 5.56 Å². The van der Waals surface area contributed by atoms with Gasteiger partial charge >= 0.3 is 0 Å². The van der Waals surface area contributed by atoms with Crippen molar-refractivity contribution < 1.29 is 0 Å². The van der Waals surface area contributed by atoms with Crippen LogP contribution < -0.4 is 5.32 Å². The van der Waals surface area contributed by atoms with Crippen LogP contribution in [-0.4, -0.2) is 6.54 Å². The summed E-state index contributed by atoms with van der Waals surface area (Å²) in [5.74, 6) is 2.66. The molecule has 1 atom stereocenters. The number of hydrogen-bond donors (Lipinski definition) is 1. The molecule has 1 rings (SSSR count). The Balaban J connectivity index is 2.42. The van der Waals surface area contributed by atoms with Gasteiger partial charge in [0, 0.05) is 21.4 Å². The number of nitrogens with one attached hydrogen (secondary N) is 1. The van der Waals surface area contributed by atoms with E-state index < -0.39 is 0 Å². The minimum Gasteiger partial charge on any atom is -0.310 e. The monoisotopic (exact) mass is 357 g/mol. The normalized spacial score (nSPS) is 12.1. The smallest absolute Gasteiger partial charge is 0.0302 e. The SMILES string of the molecule is C#CCCCCNC(C)c1ccc(Br)cc1Br. The molecular formula is C14H17Br2N. The van der Waals surface area contributed by atoms with Crippen LogP contribution in [0.2, 0.25) is 0 Å². The lowest BCUT2D eigenvalue weighted by Crippen LogP contribution is -2.20. The number of halogens is 2. The second kappa shape index (κ2) is 7.92. The van der Waals surface area contributed by atoms with Crippen molar-refractivity contribution in [1.29, 1.82) is 0 Å². The van der Waals surface area contributed by atoms with Crippen LogP contribution in [-0.2, 0) is 0 Å². The van der Waals surface area contributed by atoms with Gasteiger partial charge in [-0.3, -0.25) is 0 Å². The molecule has 17 heavy (non-hydrogen) atoms. The highest BCUT2D eigenvalue weighted by atomic mass is 79.9. The van der Waals surface area contributed by atoms with Gasteiger partial charge in [0.1, 0.15) is 0 Å². The molecule has 1 aromatic carbocycles. The van der Waals surface area contributed by atoms with Crippen molar-refractivity contribution in [2.24, 2.45) is 0 Å². The zero-order chi connectivity index (χ0) is 12.7. The molecule has 92 valence electrons. The molecule has 1 unspecified atom stereocenters. The van der Waals surface area contributed by atoms with Crippen molar-refractivity contribution in [3.05, 3.63) is 32.7 Å². The minimum absolute atomic E-state index is 0.350. The van der Waals surface area contributed by atoms with Crippen LogP contribution in [0.25, 0.3) is 0 Å². The molecule has 0 fully saturated rings. The van der Waals surface area contributed by atoms with Gasteiger partial charge in [-0.2, -0.15) is 0 Å². The number of unbranched alkanes of at least 4 members (excludes halogenated alkanes) is 2. The zero-order valence-electron chi connectivity index (χ0n) is 9.97. The average molecular weight is 359 g/mol. The van der Waals surface area contributed by atoms with Crippen molar-refractivity contribution in [3.8, 4) is 12.3 Å². The standard InChI is InChI=1S/C14H17Br2N/c1-3-4-5-6-9-17-11(2)13-8-7-12(15)10-14(13)16/h1,7-8,10-11,17H,4-6,9H2,2H3. The summed E-state index contributed by atoms with van der Waals surface area (Å²) in [6.45, 7) is 3.18. The first kappa shape index (κ1) is 14.8. The molecule has 1 N–H and O–H groups in total. The molecule has 0 aliphatic rings. The van der Waals surface area contributed by atoms with Crippen molar-refractivity contribution in [1.82, 2.24) is 5.32 Å². The van der Waals surface area contributed by atoms with Gasteiger partial charge in [-0.1, -0.05) is 37.9 Å². The Bertz CT molecular complexity index is 396. The molecule has 0 aliphatic heterocycles. The molecule has 0 bridgehead atoms. The van der Waals surface area contributed by atoms with Crippen LogP contribution in [0.3, 0.4) is 0 Å². The van der Waals surface area contributed by atoms with Crippen molar-refractivity contribution >= 4 is 31.9 Å². The first-order chi connectivity index (χ1) is 8.15. The second-order valence-corrected chi connectivity index (χ2v) is 5.77. The lowest BCUT2D eigenvalue weighted by atomic mass is 10.1. The van der Waals surface area contributed by atoms with E-state index in [9.17, 15) is 0 Å². The maximum absolute atomic E-state index is 5.21. The van der Waals surface area contributed by atoms with E-state index in [1.807, 2.05) is 0 Å². The Morgan fingerprint density at radius 1 is 1.35 bits per heavy atom. The van der Waals surface area contributed by atoms with E-state index >= 15 is 0 Å². The number of terminal acetylenes is 1. The molecule has 0 aliphatic carbocycles. The first-order valence-electron chi connectivity index (χ1n) is 5.77. The predicted molar refractivity (Wildman–Crippen MR) is 80.9 cm³/mol. The third-order valence-corrected chi connectivity index (χ3v) is 3.81. The van der Waals surface area contributed by atoms with Gasteiger partial charge in [0.15, 0.2) is 0 Å². The predicted octanol–water partition coefficient (Wildman–Crippen LogP) is 4.67. The van der Waals surface area contributed by atoms with Crippen LogP contribution >= 0.6 is 31.9 Å². The Kier molecular flexibility index (Phi) is 6.87. The largest absolute Gasteiger partial charge is 0.310 e. The summed E-state index contributed by atoms with van der Waals surface area (Å²) in [5.41, 5.74) is 1.28. The fraction of sp³-hybridized carbons (Fsp3) is 0.429. The lowest BCUT2D eigenvalue weighted by molar-refractivity contribution is 0.548. The van der Waals surface area contributed by atoms with Crippen molar-refractivity contribution in [2.75, 3.05) is 6.54 Å². The molecular weight excluding hydrogens is 342 g/mol. The molecule has 3 heteroatoms. The van der Waals surface area contributed by atoms with Gasteiger partial charge in [-0.05, 0) is 44.0 Å². The summed E-state index contributed by atoms with van der Waals surface area (Å²) in [4.78, 5) is 0. The fourth-order valence-electron chi connectivity index (χ4n) is 1.63. The topological polar surface area (TPSA) is 12.0 Å². The quantitative estimate of drug-likeness (QED) is 0.575. The van der Waals surface area contributed by atoms with E-state index in [4.69, 9.17) is 6.42 Å². The molecule has 0 spiro atoms. The molecule has 0 amide bonds.